The summed E-state index contributed by atoms with van der Waals surface area (Å²) < 4.78 is 0. The molecule has 2 aromatic rings. The zero-order valence-electron chi connectivity index (χ0n) is 11.5. The van der Waals surface area contributed by atoms with E-state index >= 15 is 0 Å². The summed E-state index contributed by atoms with van der Waals surface area (Å²) >= 11 is 5.80. The van der Waals surface area contributed by atoms with E-state index in [0.717, 1.165) is 11.1 Å². The number of amides is 1. The molecule has 0 atom stereocenters. The fourth-order valence-corrected chi connectivity index (χ4v) is 2.22. The smallest absolute Gasteiger partial charge is 0.255 e. The standard InChI is InChI=1S/C17H15ClN2O/c18-12-15-7-4-8-16(11-15)17(21)20(10-9-19)13-14-5-2-1-3-6-14/h1-8,11H,10,12-13H2. The van der Waals surface area contributed by atoms with Gasteiger partial charge in [0.05, 0.1) is 6.07 Å². The summed E-state index contributed by atoms with van der Waals surface area (Å²) in [6, 6.07) is 18.9. The van der Waals surface area contributed by atoms with Crippen molar-refractivity contribution in [2.24, 2.45) is 0 Å². The molecule has 0 N–H and O–H groups in total. The van der Waals surface area contributed by atoms with Gasteiger partial charge in [0.15, 0.2) is 0 Å². The van der Waals surface area contributed by atoms with Gasteiger partial charge in [-0.1, -0.05) is 42.5 Å². The highest BCUT2D eigenvalue weighted by atomic mass is 35.5. The van der Waals surface area contributed by atoms with Crippen molar-refractivity contribution < 1.29 is 4.79 Å². The lowest BCUT2D eigenvalue weighted by Gasteiger charge is -2.20. The Hall–Kier alpha value is -2.31. The van der Waals surface area contributed by atoms with Gasteiger partial charge in [-0.15, -0.1) is 11.6 Å². The molecule has 0 spiro atoms. The minimum atomic E-state index is -0.160. The fraction of sp³-hybridized carbons (Fsp3) is 0.176. The summed E-state index contributed by atoms with van der Waals surface area (Å²) in [6.45, 7) is 0.469. The first-order valence-electron chi connectivity index (χ1n) is 6.59. The molecular weight excluding hydrogens is 284 g/mol. The number of nitrogens with zero attached hydrogens (tertiary/aromatic N) is 2. The Morgan fingerprint density at radius 3 is 2.48 bits per heavy atom. The molecule has 0 radical (unpaired) electrons. The maximum absolute atomic E-state index is 12.5. The average Bonchev–Trinajstić information content (AvgIpc) is 2.55. The minimum Gasteiger partial charge on any atom is -0.321 e. The highest BCUT2D eigenvalue weighted by Gasteiger charge is 2.16. The van der Waals surface area contributed by atoms with Gasteiger partial charge in [0, 0.05) is 18.0 Å². The third-order valence-electron chi connectivity index (χ3n) is 3.09. The Bertz CT molecular complexity index is 649. The monoisotopic (exact) mass is 298 g/mol. The third kappa shape index (κ3) is 4.08. The minimum absolute atomic E-state index is 0.0544. The molecule has 4 heteroatoms. The van der Waals surface area contributed by atoms with Crippen LogP contribution in [0.5, 0.6) is 0 Å². The van der Waals surface area contributed by atoms with E-state index in [1.54, 1.807) is 18.2 Å². The van der Waals surface area contributed by atoms with Crippen molar-refractivity contribution >= 4 is 17.5 Å². The first-order valence-corrected chi connectivity index (χ1v) is 7.13. The predicted octanol–water partition coefficient (Wildman–Crippen LogP) is 3.59. The molecule has 0 aliphatic carbocycles. The van der Waals surface area contributed by atoms with Gasteiger partial charge in [0.1, 0.15) is 6.54 Å². The summed E-state index contributed by atoms with van der Waals surface area (Å²) in [5, 5.41) is 8.95. The van der Waals surface area contributed by atoms with Crippen molar-refractivity contribution in [1.29, 1.82) is 5.26 Å². The van der Waals surface area contributed by atoms with Crippen molar-refractivity contribution in [2.45, 2.75) is 12.4 Å². The lowest BCUT2D eigenvalue weighted by molar-refractivity contribution is 0.0765. The molecule has 1 amide bonds. The van der Waals surface area contributed by atoms with Crippen LogP contribution in [0.25, 0.3) is 0 Å². The molecule has 2 aromatic carbocycles. The van der Waals surface area contributed by atoms with Crippen LogP contribution in [-0.2, 0) is 12.4 Å². The zero-order valence-corrected chi connectivity index (χ0v) is 12.3. The van der Waals surface area contributed by atoms with E-state index in [-0.39, 0.29) is 12.5 Å². The van der Waals surface area contributed by atoms with Crippen LogP contribution in [-0.4, -0.2) is 17.4 Å². The highest BCUT2D eigenvalue weighted by Crippen LogP contribution is 2.13. The third-order valence-corrected chi connectivity index (χ3v) is 3.40. The molecule has 0 fully saturated rings. The second-order valence-electron chi connectivity index (χ2n) is 4.64. The van der Waals surface area contributed by atoms with Crippen LogP contribution in [0.15, 0.2) is 54.6 Å². The molecule has 0 bridgehead atoms. The highest BCUT2D eigenvalue weighted by molar-refractivity contribution is 6.17. The Balaban J connectivity index is 2.21. The molecule has 2 rings (SSSR count). The number of alkyl halides is 1. The molecule has 0 heterocycles. The van der Waals surface area contributed by atoms with Gasteiger partial charge in [-0.25, -0.2) is 0 Å². The molecule has 0 saturated carbocycles. The summed E-state index contributed by atoms with van der Waals surface area (Å²) in [5.74, 6) is 0.199. The maximum atomic E-state index is 12.5. The number of rotatable bonds is 5. The fourth-order valence-electron chi connectivity index (χ4n) is 2.06. The van der Waals surface area contributed by atoms with E-state index in [2.05, 4.69) is 0 Å². The summed E-state index contributed by atoms with van der Waals surface area (Å²) in [5.41, 5.74) is 2.44. The van der Waals surface area contributed by atoms with Crippen LogP contribution in [0.3, 0.4) is 0 Å². The van der Waals surface area contributed by atoms with Crippen molar-refractivity contribution in [1.82, 2.24) is 4.90 Å². The second kappa shape index (κ2) is 7.47. The van der Waals surface area contributed by atoms with Crippen LogP contribution < -0.4 is 0 Å². The molecule has 0 aliphatic rings. The van der Waals surface area contributed by atoms with Crippen LogP contribution in [0.1, 0.15) is 21.5 Å². The van der Waals surface area contributed by atoms with Crippen LogP contribution in [0.2, 0.25) is 0 Å². The van der Waals surface area contributed by atoms with Gasteiger partial charge in [0.25, 0.3) is 5.91 Å². The number of benzene rings is 2. The molecule has 0 unspecified atom stereocenters. The molecule has 21 heavy (non-hydrogen) atoms. The summed E-state index contributed by atoms with van der Waals surface area (Å²) in [4.78, 5) is 14.1. The molecule has 0 aromatic heterocycles. The number of carbonyl (C=O) groups is 1. The van der Waals surface area contributed by atoms with E-state index in [4.69, 9.17) is 16.9 Å². The molecular formula is C17H15ClN2O. The van der Waals surface area contributed by atoms with Crippen LogP contribution in [0, 0.1) is 11.3 Å². The van der Waals surface area contributed by atoms with Crippen molar-refractivity contribution in [3.63, 3.8) is 0 Å². The first-order chi connectivity index (χ1) is 10.2. The number of halogens is 1. The number of hydrogen-bond donors (Lipinski definition) is 0. The molecule has 106 valence electrons. The van der Waals surface area contributed by atoms with E-state index in [9.17, 15) is 4.79 Å². The van der Waals surface area contributed by atoms with Crippen molar-refractivity contribution in [3.05, 3.63) is 71.3 Å². The Labute approximate surface area is 129 Å². The quantitative estimate of drug-likeness (QED) is 0.625. The number of carbonyl (C=O) groups excluding carboxylic acids is 1. The van der Waals surface area contributed by atoms with Gasteiger partial charge in [-0.05, 0) is 23.3 Å². The number of hydrogen-bond acceptors (Lipinski definition) is 2. The lowest BCUT2D eigenvalue weighted by Crippen LogP contribution is -2.31. The molecule has 0 saturated heterocycles. The van der Waals surface area contributed by atoms with E-state index in [0.29, 0.717) is 18.0 Å². The van der Waals surface area contributed by atoms with Gasteiger partial charge in [0.2, 0.25) is 0 Å². The summed E-state index contributed by atoms with van der Waals surface area (Å²) in [7, 11) is 0. The lowest BCUT2D eigenvalue weighted by atomic mass is 10.1. The van der Waals surface area contributed by atoms with Gasteiger partial charge < -0.3 is 4.90 Å². The SMILES string of the molecule is N#CCN(Cc1ccccc1)C(=O)c1cccc(CCl)c1. The second-order valence-corrected chi connectivity index (χ2v) is 4.91. The van der Waals surface area contributed by atoms with Crippen molar-refractivity contribution in [3.8, 4) is 6.07 Å². The normalized spacial score (nSPS) is 9.90. The summed E-state index contributed by atoms with van der Waals surface area (Å²) in [6.07, 6.45) is 0. The van der Waals surface area contributed by atoms with E-state index < -0.39 is 0 Å². The average molecular weight is 299 g/mol. The zero-order chi connectivity index (χ0) is 15.1. The Kier molecular flexibility index (Phi) is 5.36. The van der Waals surface area contributed by atoms with E-state index in [1.165, 1.54) is 4.90 Å². The topological polar surface area (TPSA) is 44.1 Å². The van der Waals surface area contributed by atoms with Gasteiger partial charge in [-0.2, -0.15) is 5.26 Å². The van der Waals surface area contributed by atoms with E-state index in [1.807, 2.05) is 42.5 Å². The maximum Gasteiger partial charge on any atom is 0.255 e. The van der Waals surface area contributed by atoms with Gasteiger partial charge in [-0.3, -0.25) is 4.79 Å². The Morgan fingerprint density at radius 1 is 1.10 bits per heavy atom. The van der Waals surface area contributed by atoms with Crippen LogP contribution in [0.4, 0.5) is 0 Å². The molecule has 0 aliphatic heterocycles. The van der Waals surface area contributed by atoms with Crippen molar-refractivity contribution in [2.75, 3.05) is 6.54 Å². The number of nitriles is 1. The Morgan fingerprint density at radius 2 is 1.81 bits per heavy atom. The van der Waals surface area contributed by atoms with Gasteiger partial charge >= 0.3 is 0 Å². The van der Waals surface area contributed by atoms with Crippen LogP contribution >= 0.6 is 11.6 Å². The predicted molar refractivity (Wildman–Crippen MR) is 82.8 cm³/mol. The first kappa shape index (κ1) is 15.1. The molecule has 3 nitrogen and oxygen atoms in total. The largest absolute Gasteiger partial charge is 0.321 e.